The predicted octanol–water partition coefficient (Wildman–Crippen LogP) is 6.44. The molecule has 2 bridgehead atoms. The largest absolute Gasteiger partial charge is 0.279 e. The van der Waals surface area contributed by atoms with E-state index in [9.17, 15) is 0 Å². The monoisotopic (exact) mass is 366 g/mol. The first kappa shape index (κ1) is 17.4. The Morgan fingerprint density at radius 3 is 2.25 bits per heavy atom. The Kier molecular flexibility index (Phi) is 3.97. The second kappa shape index (κ2) is 6.41. The zero-order valence-electron chi connectivity index (χ0n) is 16.8. The third-order valence-electron chi connectivity index (χ3n) is 6.83. The van der Waals surface area contributed by atoms with Gasteiger partial charge in [-0.05, 0) is 41.9 Å². The van der Waals surface area contributed by atoms with Crippen LogP contribution in [0.1, 0.15) is 56.0 Å². The van der Waals surface area contributed by atoms with Crippen LogP contribution in [0, 0.1) is 11.3 Å². The van der Waals surface area contributed by atoms with Gasteiger partial charge in [0.2, 0.25) is 0 Å². The smallest absolute Gasteiger partial charge is 0.0885 e. The van der Waals surface area contributed by atoms with Gasteiger partial charge in [-0.25, -0.2) is 4.98 Å². The van der Waals surface area contributed by atoms with Gasteiger partial charge in [-0.3, -0.25) is 4.99 Å². The van der Waals surface area contributed by atoms with Crippen LogP contribution in [0.4, 0.5) is 0 Å². The van der Waals surface area contributed by atoms with E-state index in [0.29, 0.717) is 11.8 Å². The minimum Gasteiger partial charge on any atom is -0.279 e. The van der Waals surface area contributed by atoms with E-state index in [2.05, 4.69) is 87.5 Å². The van der Waals surface area contributed by atoms with E-state index in [1.165, 1.54) is 28.8 Å². The summed E-state index contributed by atoms with van der Waals surface area (Å²) >= 11 is 0. The Balaban J connectivity index is 1.63. The summed E-state index contributed by atoms with van der Waals surface area (Å²) in [6, 6.07) is 25.7. The number of nitrogens with zero attached hydrogens (tertiary/aromatic N) is 2. The first-order valence-corrected chi connectivity index (χ1v) is 10.2. The maximum atomic E-state index is 5.25. The molecule has 3 aliphatic carbocycles. The lowest BCUT2D eigenvalue weighted by atomic mass is 9.47. The van der Waals surface area contributed by atoms with Crippen molar-refractivity contribution in [2.45, 2.75) is 39.2 Å². The van der Waals surface area contributed by atoms with Crippen molar-refractivity contribution in [2.75, 3.05) is 0 Å². The molecule has 28 heavy (non-hydrogen) atoms. The Labute approximate surface area is 167 Å². The summed E-state index contributed by atoms with van der Waals surface area (Å²) in [6.45, 7) is 6.98. The second-order valence-corrected chi connectivity index (χ2v) is 8.76. The van der Waals surface area contributed by atoms with E-state index in [1.807, 2.05) is 6.07 Å². The quantitative estimate of drug-likeness (QED) is 0.523. The topological polar surface area (TPSA) is 25.2 Å². The SMILES string of the molecule is C[C@@H](N=C1c2nc(-c3ccccc3)ccc2[C@H]2C[C@@H]1C2(C)C)c1ccccc1. The number of rotatable bonds is 3. The van der Waals surface area contributed by atoms with Crippen molar-refractivity contribution in [1.82, 2.24) is 4.98 Å². The molecule has 0 saturated heterocycles. The zero-order valence-corrected chi connectivity index (χ0v) is 16.8. The van der Waals surface area contributed by atoms with Gasteiger partial charge in [0, 0.05) is 11.5 Å². The van der Waals surface area contributed by atoms with E-state index in [0.717, 1.165) is 11.4 Å². The molecule has 3 aliphatic rings. The van der Waals surface area contributed by atoms with Gasteiger partial charge in [-0.2, -0.15) is 0 Å². The molecule has 1 aromatic heterocycles. The van der Waals surface area contributed by atoms with Crippen LogP contribution >= 0.6 is 0 Å². The Bertz CT molecular complexity index is 1030. The van der Waals surface area contributed by atoms with Gasteiger partial charge in [-0.15, -0.1) is 0 Å². The average Bonchev–Trinajstić information content (AvgIpc) is 2.74. The fourth-order valence-corrected chi connectivity index (χ4v) is 4.97. The summed E-state index contributed by atoms with van der Waals surface area (Å²) in [4.78, 5) is 10.4. The molecule has 3 atom stereocenters. The molecule has 1 saturated carbocycles. The summed E-state index contributed by atoms with van der Waals surface area (Å²) in [5.41, 5.74) is 7.44. The third-order valence-corrected chi connectivity index (χ3v) is 6.83. The number of pyridine rings is 1. The predicted molar refractivity (Wildman–Crippen MR) is 116 cm³/mol. The summed E-state index contributed by atoms with van der Waals surface area (Å²) in [5.74, 6) is 1.09. The molecule has 0 radical (unpaired) electrons. The van der Waals surface area contributed by atoms with E-state index < -0.39 is 0 Å². The maximum absolute atomic E-state index is 5.25. The number of hydrogen-bond donors (Lipinski definition) is 0. The molecule has 0 spiro atoms. The molecule has 1 heterocycles. The normalized spacial score (nSPS) is 24.3. The van der Waals surface area contributed by atoms with Crippen molar-refractivity contribution in [3.63, 3.8) is 0 Å². The average molecular weight is 367 g/mol. The van der Waals surface area contributed by atoms with Gasteiger partial charge in [0.25, 0.3) is 0 Å². The molecule has 0 N–H and O–H groups in total. The van der Waals surface area contributed by atoms with Crippen molar-refractivity contribution in [1.29, 1.82) is 0 Å². The summed E-state index contributed by atoms with van der Waals surface area (Å²) in [6.07, 6.45) is 1.20. The van der Waals surface area contributed by atoms with Crippen molar-refractivity contribution >= 4 is 5.71 Å². The van der Waals surface area contributed by atoms with Gasteiger partial charge in [-0.1, -0.05) is 80.6 Å². The van der Waals surface area contributed by atoms with Gasteiger partial charge >= 0.3 is 0 Å². The fourth-order valence-electron chi connectivity index (χ4n) is 4.97. The Hall–Kier alpha value is -2.74. The molecule has 0 amide bonds. The number of aliphatic imine (C=N–C) groups is 1. The number of benzene rings is 2. The zero-order chi connectivity index (χ0) is 19.3. The second-order valence-electron chi connectivity index (χ2n) is 8.76. The molecule has 0 unspecified atom stereocenters. The lowest BCUT2D eigenvalue weighted by Gasteiger charge is -2.57. The van der Waals surface area contributed by atoms with E-state index in [-0.39, 0.29) is 11.5 Å². The Morgan fingerprint density at radius 1 is 0.893 bits per heavy atom. The third kappa shape index (κ3) is 2.63. The van der Waals surface area contributed by atoms with Crippen molar-refractivity contribution in [3.05, 3.63) is 89.6 Å². The molecule has 2 nitrogen and oxygen atoms in total. The highest BCUT2D eigenvalue weighted by molar-refractivity contribution is 6.06. The van der Waals surface area contributed by atoms with Gasteiger partial charge < -0.3 is 0 Å². The van der Waals surface area contributed by atoms with Gasteiger partial charge in [0.05, 0.1) is 23.1 Å². The van der Waals surface area contributed by atoms with Crippen LogP contribution in [-0.4, -0.2) is 10.7 Å². The number of aromatic nitrogens is 1. The summed E-state index contributed by atoms with van der Waals surface area (Å²) in [7, 11) is 0. The van der Waals surface area contributed by atoms with Crippen LogP contribution < -0.4 is 0 Å². The molecule has 6 rings (SSSR count). The maximum Gasteiger partial charge on any atom is 0.0885 e. The van der Waals surface area contributed by atoms with Crippen LogP contribution in [0.15, 0.2) is 77.8 Å². The molecule has 1 fully saturated rings. The van der Waals surface area contributed by atoms with Crippen LogP contribution in [0.2, 0.25) is 0 Å². The number of hydrogen-bond acceptors (Lipinski definition) is 2. The summed E-state index contributed by atoms with van der Waals surface area (Å²) < 4.78 is 0. The highest BCUT2D eigenvalue weighted by Gasteiger charge is 2.56. The molecular formula is C26H26N2. The van der Waals surface area contributed by atoms with E-state index >= 15 is 0 Å². The minimum atomic E-state index is 0.138. The lowest BCUT2D eigenvalue weighted by Crippen LogP contribution is -2.52. The van der Waals surface area contributed by atoms with Crippen LogP contribution in [0.5, 0.6) is 0 Å². The fraction of sp³-hybridized carbons (Fsp3) is 0.308. The van der Waals surface area contributed by atoms with Crippen LogP contribution in [0.3, 0.4) is 0 Å². The van der Waals surface area contributed by atoms with Crippen LogP contribution in [-0.2, 0) is 0 Å². The van der Waals surface area contributed by atoms with Crippen LogP contribution in [0.25, 0.3) is 11.3 Å². The van der Waals surface area contributed by atoms with Gasteiger partial charge in [0.15, 0.2) is 0 Å². The first-order valence-electron chi connectivity index (χ1n) is 10.2. The molecule has 2 heteroatoms. The molecule has 0 aliphatic heterocycles. The summed E-state index contributed by atoms with van der Waals surface area (Å²) in [5, 5.41) is 0. The Morgan fingerprint density at radius 2 is 1.57 bits per heavy atom. The highest BCUT2D eigenvalue weighted by Crippen LogP contribution is 2.62. The van der Waals surface area contributed by atoms with E-state index in [4.69, 9.17) is 9.98 Å². The highest BCUT2D eigenvalue weighted by atomic mass is 14.9. The lowest BCUT2D eigenvalue weighted by molar-refractivity contribution is 0.0767. The van der Waals surface area contributed by atoms with Crippen molar-refractivity contribution in [2.24, 2.45) is 16.3 Å². The first-order chi connectivity index (χ1) is 13.6. The minimum absolute atomic E-state index is 0.138. The van der Waals surface area contributed by atoms with E-state index in [1.54, 1.807) is 0 Å². The molecular weight excluding hydrogens is 340 g/mol. The van der Waals surface area contributed by atoms with Gasteiger partial charge in [0.1, 0.15) is 0 Å². The van der Waals surface area contributed by atoms with Crippen molar-refractivity contribution in [3.8, 4) is 11.3 Å². The molecule has 2 aromatic carbocycles. The standard InChI is InChI=1S/C26H26N2/c1-17(18-10-6-4-7-11-18)27-25-22-16-21(26(22,2)3)20-14-15-23(28-24(20)25)19-12-8-5-9-13-19/h4-15,17,21-22H,16H2,1-3H3/t17-,21-,22+/m1/s1. The van der Waals surface area contributed by atoms with Crippen molar-refractivity contribution < 1.29 is 0 Å². The molecule has 140 valence electrons. The molecule has 3 aromatic rings.